The zero-order valence-electron chi connectivity index (χ0n) is 13.3. The molecule has 0 aliphatic heterocycles. The van der Waals surface area contributed by atoms with Crippen molar-refractivity contribution in [3.63, 3.8) is 0 Å². The lowest BCUT2D eigenvalue weighted by Gasteiger charge is -2.12. The van der Waals surface area contributed by atoms with Crippen LogP contribution in [0.4, 0.5) is 0 Å². The van der Waals surface area contributed by atoms with E-state index >= 15 is 0 Å². The van der Waals surface area contributed by atoms with Gasteiger partial charge in [-0.15, -0.1) is 22.0 Å². The zero-order chi connectivity index (χ0) is 16.0. The summed E-state index contributed by atoms with van der Waals surface area (Å²) in [6.07, 6.45) is 3.14. The van der Waals surface area contributed by atoms with Gasteiger partial charge in [-0.05, 0) is 29.7 Å². The summed E-state index contributed by atoms with van der Waals surface area (Å²) in [5, 5.41) is 8.96. The van der Waals surface area contributed by atoms with E-state index in [1.165, 1.54) is 16.0 Å². The summed E-state index contributed by atoms with van der Waals surface area (Å²) < 4.78 is 2.10. The van der Waals surface area contributed by atoms with E-state index in [0.717, 1.165) is 17.9 Å². The van der Waals surface area contributed by atoms with Gasteiger partial charge in [0.05, 0.1) is 0 Å². The number of pyridine rings is 1. The number of thioether (sulfide) groups is 1. The number of aromatic nitrogens is 3. The predicted molar refractivity (Wildman–Crippen MR) is 93.7 cm³/mol. The number of benzene rings is 1. The fourth-order valence-corrected chi connectivity index (χ4v) is 4.54. The molecule has 0 fully saturated rings. The third-order valence-corrected chi connectivity index (χ3v) is 5.65. The first-order valence-electron chi connectivity index (χ1n) is 7.99. The summed E-state index contributed by atoms with van der Waals surface area (Å²) in [5.74, 6) is 1.36. The third-order valence-electron chi connectivity index (χ3n) is 4.41. The second-order valence-corrected chi connectivity index (χ2v) is 7.66. The summed E-state index contributed by atoms with van der Waals surface area (Å²) in [5.41, 5.74) is 9.86. The molecule has 0 saturated carbocycles. The van der Waals surface area contributed by atoms with E-state index < -0.39 is 0 Å². The maximum Gasteiger partial charge on any atom is 0.160 e. The van der Waals surface area contributed by atoms with E-state index in [-0.39, 0.29) is 6.04 Å². The first-order valence-corrected chi connectivity index (χ1v) is 8.87. The average molecular weight is 324 g/mol. The highest BCUT2D eigenvalue weighted by Gasteiger charge is 2.29. The Morgan fingerprint density at radius 2 is 1.91 bits per heavy atom. The molecular weight excluding hydrogens is 304 g/mol. The molecule has 0 amide bonds. The van der Waals surface area contributed by atoms with Gasteiger partial charge in [0.2, 0.25) is 0 Å². The average Bonchev–Trinajstić information content (AvgIpc) is 3.10. The molecule has 4 rings (SSSR count). The number of hydrogen-bond acceptors (Lipinski definition) is 4. The molecule has 2 atom stereocenters. The lowest BCUT2D eigenvalue weighted by atomic mass is 10.1. The Bertz CT molecular complexity index is 855. The van der Waals surface area contributed by atoms with E-state index in [0.29, 0.717) is 11.2 Å². The van der Waals surface area contributed by atoms with Crippen LogP contribution in [-0.4, -0.2) is 14.6 Å². The van der Waals surface area contributed by atoms with Crippen LogP contribution in [0.2, 0.25) is 0 Å². The fourth-order valence-electron chi connectivity index (χ4n) is 3.25. The summed E-state index contributed by atoms with van der Waals surface area (Å²) in [6.45, 7) is 4.28. The Labute approximate surface area is 140 Å². The molecule has 1 aliphatic rings. The molecule has 23 heavy (non-hydrogen) atoms. The number of hydrogen-bond donors (Lipinski definition) is 1. The monoisotopic (exact) mass is 324 g/mol. The van der Waals surface area contributed by atoms with Gasteiger partial charge in [-0.1, -0.05) is 38.1 Å². The highest BCUT2D eigenvalue weighted by Crippen LogP contribution is 2.48. The Hall–Kier alpha value is -1.85. The van der Waals surface area contributed by atoms with Crippen molar-refractivity contribution in [3.05, 3.63) is 59.5 Å². The Balaban J connectivity index is 1.67. The van der Waals surface area contributed by atoms with Crippen LogP contribution in [-0.2, 0) is 0 Å². The second kappa shape index (κ2) is 5.65. The van der Waals surface area contributed by atoms with E-state index in [1.807, 2.05) is 17.8 Å². The lowest BCUT2D eigenvalue weighted by Crippen LogP contribution is -2.05. The predicted octanol–water partition coefficient (Wildman–Crippen LogP) is 4.09. The molecule has 2 aromatic heterocycles. The lowest BCUT2D eigenvalue weighted by molar-refractivity contribution is 0.705. The normalized spacial score (nSPS) is 20.3. The topological polar surface area (TPSA) is 56.2 Å². The highest BCUT2D eigenvalue weighted by molar-refractivity contribution is 7.99. The number of fused-ring (bicyclic) bond motifs is 2. The third kappa shape index (κ3) is 2.54. The first-order chi connectivity index (χ1) is 11.1. The van der Waals surface area contributed by atoms with Crippen molar-refractivity contribution < 1.29 is 0 Å². The fraction of sp³-hybridized carbons (Fsp3) is 0.333. The van der Waals surface area contributed by atoms with E-state index in [1.54, 1.807) is 0 Å². The van der Waals surface area contributed by atoms with Crippen molar-refractivity contribution in [2.45, 2.75) is 42.4 Å². The Morgan fingerprint density at radius 3 is 2.70 bits per heavy atom. The minimum atomic E-state index is 0.147. The molecule has 0 radical (unpaired) electrons. The summed E-state index contributed by atoms with van der Waals surface area (Å²) >= 11 is 1.88. The van der Waals surface area contributed by atoms with Crippen LogP contribution in [0.1, 0.15) is 54.4 Å². The van der Waals surface area contributed by atoms with Gasteiger partial charge < -0.3 is 5.73 Å². The van der Waals surface area contributed by atoms with Crippen LogP contribution >= 0.6 is 11.8 Å². The van der Waals surface area contributed by atoms with Crippen LogP contribution in [0.5, 0.6) is 0 Å². The minimum absolute atomic E-state index is 0.147. The van der Waals surface area contributed by atoms with Gasteiger partial charge in [-0.2, -0.15) is 0 Å². The second-order valence-electron chi connectivity index (χ2n) is 6.38. The summed E-state index contributed by atoms with van der Waals surface area (Å²) in [4.78, 5) is 1.23. The number of nitrogens with zero attached hydrogens (tertiary/aromatic N) is 3. The van der Waals surface area contributed by atoms with Crippen molar-refractivity contribution in [1.29, 1.82) is 0 Å². The zero-order valence-corrected chi connectivity index (χ0v) is 14.1. The van der Waals surface area contributed by atoms with Gasteiger partial charge >= 0.3 is 0 Å². The van der Waals surface area contributed by atoms with Crippen LogP contribution in [0.15, 0.2) is 47.5 Å². The Morgan fingerprint density at radius 1 is 1.13 bits per heavy atom. The van der Waals surface area contributed by atoms with Crippen LogP contribution in [0.25, 0.3) is 5.65 Å². The molecule has 2 N–H and O–H groups in total. The molecule has 0 spiro atoms. The van der Waals surface area contributed by atoms with Crippen LogP contribution in [0.3, 0.4) is 0 Å². The molecule has 1 aromatic carbocycles. The SMILES string of the molecule is CC(C)c1nnc2ccc(S[C@H]3C[C@H](N)c4ccccc43)cn12. The van der Waals surface area contributed by atoms with Gasteiger partial charge in [-0.25, -0.2) is 0 Å². The molecule has 0 unspecified atom stereocenters. The summed E-state index contributed by atoms with van der Waals surface area (Å²) in [6, 6.07) is 12.9. The van der Waals surface area contributed by atoms with E-state index in [4.69, 9.17) is 5.73 Å². The minimum Gasteiger partial charge on any atom is -0.324 e. The molecular formula is C18H20N4S. The molecule has 4 nitrogen and oxygen atoms in total. The maximum absolute atomic E-state index is 6.29. The van der Waals surface area contributed by atoms with Gasteiger partial charge in [0.25, 0.3) is 0 Å². The molecule has 2 heterocycles. The first kappa shape index (κ1) is 14.7. The smallest absolute Gasteiger partial charge is 0.160 e. The van der Waals surface area contributed by atoms with Crippen LogP contribution in [0, 0.1) is 0 Å². The number of nitrogens with two attached hydrogens (primary N) is 1. The molecule has 0 saturated heterocycles. The van der Waals surface area contributed by atoms with Crippen molar-refractivity contribution >= 4 is 17.4 Å². The van der Waals surface area contributed by atoms with Crippen LogP contribution < -0.4 is 5.73 Å². The van der Waals surface area contributed by atoms with Crippen molar-refractivity contribution in [1.82, 2.24) is 14.6 Å². The van der Waals surface area contributed by atoms with Gasteiger partial charge in [0.15, 0.2) is 5.65 Å². The van der Waals surface area contributed by atoms with E-state index in [9.17, 15) is 0 Å². The number of rotatable bonds is 3. The van der Waals surface area contributed by atoms with Crippen molar-refractivity contribution in [2.75, 3.05) is 0 Å². The molecule has 118 valence electrons. The van der Waals surface area contributed by atoms with E-state index in [2.05, 4.69) is 65.0 Å². The van der Waals surface area contributed by atoms with Crippen molar-refractivity contribution in [3.8, 4) is 0 Å². The summed E-state index contributed by atoms with van der Waals surface area (Å²) in [7, 11) is 0. The highest BCUT2D eigenvalue weighted by atomic mass is 32.2. The largest absolute Gasteiger partial charge is 0.324 e. The standard InChI is InChI=1S/C18H20N4S/c1-11(2)18-21-20-17-8-7-12(10-22(17)18)23-16-9-15(19)13-5-3-4-6-14(13)16/h3-8,10-11,15-16H,9,19H2,1-2H3/t15-,16-/m0/s1. The van der Waals surface area contributed by atoms with Gasteiger partial charge in [0.1, 0.15) is 5.82 Å². The quantitative estimate of drug-likeness (QED) is 0.788. The van der Waals surface area contributed by atoms with Gasteiger partial charge in [-0.3, -0.25) is 4.40 Å². The molecule has 5 heteroatoms. The molecule has 1 aliphatic carbocycles. The van der Waals surface area contributed by atoms with Crippen molar-refractivity contribution in [2.24, 2.45) is 5.73 Å². The maximum atomic E-state index is 6.29. The van der Waals surface area contributed by atoms with Gasteiger partial charge in [0, 0.05) is 28.3 Å². The molecule has 3 aromatic rings. The Kier molecular flexibility index (Phi) is 3.62. The molecule has 0 bridgehead atoms.